The van der Waals surface area contributed by atoms with Gasteiger partial charge < -0.3 is 14.4 Å². The van der Waals surface area contributed by atoms with Crippen LogP contribution in [-0.2, 0) is 11.2 Å². The maximum Gasteiger partial charge on any atom is 0.311 e. The van der Waals surface area contributed by atoms with Crippen molar-refractivity contribution in [2.45, 2.75) is 32.2 Å². The number of nitrogens with zero attached hydrogens (tertiary/aromatic N) is 1. The number of benzene rings is 1. The number of hydrogen-bond donors (Lipinski definition) is 1. The third-order valence-electron chi connectivity index (χ3n) is 4.35. The molecule has 0 aliphatic carbocycles. The topological polar surface area (TPSA) is 70.7 Å². The van der Waals surface area contributed by atoms with E-state index in [4.69, 9.17) is 21.1 Å². The second kappa shape index (κ2) is 6.69. The van der Waals surface area contributed by atoms with Gasteiger partial charge in [-0.3, -0.25) is 9.59 Å². The molecule has 1 amide bonds. The number of aliphatic carboxylic acids is 1. The van der Waals surface area contributed by atoms with Crippen LogP contribution in [0.3, 0.4) is 0 Å². The zero-order valence-electron chi connectivity index (χ0n) is 13.3. The van der Waals surface area contributed by atoms with Crippen molar-refractivity contribution in [1.82, 2.24) is 4.90 Å². The van der Waals surface area contributed by atoms with E-state index in [1.165, 1.54) is 6.26 Å². The Labute approximate surface area is 144 Å². The van der Waals surface area contributed by atoms with Crippen LogP contribution in [0, 0.1) is 6.92 Å². The van der Waals surface area contributed by atoms with Gasteiger partial charge in [-0.1, -0.05) is 29.8 Å². The number of likely N-dealkylation sites (tertiary alicyclic amines) is 1. The van der Waals surface area contributed by atoms with Crippen LogP contribution in [0.4, 0.5) is 0 Å². The van der Waals surface area contributed by atoms with E-state index in [2.05, 4.69) is 0 Å². The van der Waals surface area contributed by atoms with E-state index < -0.39 is 5.97 Å². The fourth-order valence-corrected chi connectivity index (χ4v) is 3.54. The van der Waals surface area contributed by atoms with Crippen LogP contribution in [-0.4, -0.2) is 28.4 Å². The van der Waals surface area contributed by atoms with Crippen molar-refractivity contribution in [3.63, 3.8) is 0 Å². The molecule has 1 unspecified atom stereocenters. The highest BCUT2D eigenvalue weighted by Crippen LogP contribution is 2.37. The van der Waals surface area contributed by atoms with Gasteiger partial charge in [0.25, 0.3) is 5.91 Å². The van der Waals surface area contributed by atoms with Gasteiger partial charge >= 0.3 is 5.97 Å². The molecule has 1 aliphatic rings. The molecule has 1 aromatic heterocycles. The van der Waals surface area contributed by atoms with Crippen molar-refractivity contribution >= 4 is 23.5 Å². The summed E-state index contributed by atoms with van der Waals surface area (Å²) in [6.45, 7) is 2.37. The smallest absolute Gasteiger partial charge is 0.311 e. The zero-order valence-corrected chi connectivity index (χ0v) is 14.0. The minimum absolute atomic E-state index is 0.0989. The molecule has 1 saturated heterocycles. The first-order valence-corrected chi connectivity index (χ1v) is 8.21. The highest BCUT2D eigenvalue weighted by atomic mass is 35.5. The van der Waals surface area contributed by atoms with E-state index in [0.29, 0.717) is 22.7 Å². The molecule has 1 fully saturated rings. The minimum Gasteiger partial charge on any atom is -0.481 e. The highest BCUT2D eigenvalue weighted by Gasteiger charge is 2.34. The SMILES string of the molecule is Cc1coc(CC(=O)O)c1C(=O)N1CCCC1c1ccccc1Cl. The standard InChI is InChI=1S/C18H18ClNO4/c1-11-10-24-15(9-16(21)22)17(11)18(23)20-8-4-7-14(20)12-5-2-3-6-13(12)19/h2-3,5-6,10,14H,4,7-9H2,1H3,(H,21,22). The first-order valence-electron chi connectivity index (χ1n) is 7.83. The van der Waals surface area contributed by atoms with Gasteiger partial charge in [-0.15, -0.1) is 0 Å². The number of aryl methyl sites for hydroxylation is 1. The molecule has 1 atom stereocenters. The number of carboxylic acids is 1. The van der Waals surface area contributed by atoms with Crippen LogP contribution >= 0.6 is 11.6 Å². The number of rotatable bonds is 4. The average molecular weight is 348 g/mol. The second-order valence-corrected chi connectivity index (χ2v) is 6.37. The molecule has 2 heterocycles. The number of hydrogen-bond acceptors (Lipinski definition) is 3. The average Bonchev–Trinajstić information content (AvgIpc) is 3.14. The first-order chi connectivity index (χ1) is 11.5. The van der Waals surface area contributed by atoms with Crippen molar-refractivity contribution < 1.29 is 19.1 Å². The van der Waals surface area contributed by atoms with Crippen LogP contribution in [0.5, 0.6) is 0 Å². The Kier molecular flexibility index (Phi) is 4.62. The Morgan fingerprint density at radius 2 is 2.12 bits per heavy atom. The number of furan rings is 1. The largest absolute Gasteiger partial charge is 0.481 e. The van der Waals surface area contributed by atoms with Gasteiger partial charge in [0, 0.05) is 17.1 Å². The summed E-state index contributed by atoms with van der Waals surface area (Å²) in [6.07, 6.45) is 2.85. The number of carbonyl (C=O) groups excluding carboxylic acids is 1. The quantitative estimate of drug-likeness (QED) is 0.912. The lowest BCUT2D eigenvalue weighted by atomic mass is 10.0. The lowest BCUT2D eigenvalue weighted by Crippen LogP contribution is -2.31. The fraction of sp³-hybridized carbons (Fsp3) is 0.333. The maximum atomic E-state index is 13.1. The molecule has 6 heteroatoms. The predicted molar refractivity (Wildman–Crippen MR) is 89.2 cm³/mol. The molecule has 126 valence electrons. The van der Waals surface area contributed by atoms with E-state index in [1.54, 1.807) is 11.8 Å². The first kappa shape index (κ1) is 16.6. The van der Waals surface area contributed by atoms with Gasteiger partial charge in [0.05, 0.1) is 17.9 Å². The number of halogens is 1. The summed E-state index contributed by atoms with van der Waals surface area (Å²) >= 11 is 6.30. The lowest BCUT2D eigenvalue weighted by Gasteiger charge is -2.26. The van der Waals surface area contributed by atoms with E-state index in [-0.39, 0.29) is 24.1 Å². The van der Waals surface area contributed by atoms with E-state index in [9.17, 15) is 9.59 Å². The van der Waals surface area contributed by atoms with E-state index in [1.807, 2.05) is 24.3 Å². The predicted octanol–water partition coefficient (Wildman–Crippen LogP) is 3.85. The molecule has 3 rings (SSSR count). The van der Waals surface area contributed by atoms with Gasteiger partial charge in [0.1, 0.15) is 12.2 Å². The van der Waals surface area contributed by atoms with Crippen molar-refractivity contribution in [1.29, 1.82) is 0 Å². The van der Waals surface area contributed by atoms with Crippen molar-refractivity contribution in [2.75, 3.05) is 6.54 Å². The van der Waals surface area contributed by atoms with Gasteiger partial charge in [0.15, 0.2) is 0 Å². The molecular weight excluding hydrogens is 330 g/mol. The summed E-state index contributed by atoms with van der Waals surface area (Å²) in [5, 5.41) is 9.65. The van der Waals surface area contributed by atoms with Gasteiger partial charge in [-0.05, 0) is 31.4 Å². The molecule has 0 saturated carbocycles. The van der Waals surface area contributed by atoms with Gasteiger partial charge in [0.2, 0.25) is 0 Å². The zero-order chi connectivity index (χ0) is 17.3. The van der Waals surface area contributed by atoms with E-state index in [0.717, 1.165) is 18.4 Å². The van der Waals surface area contributed by atoms with Crippen molar-refractivity contribution in [3.05, 3.63) is 58.0 Å². The second-order valence-electron chi connectivity index (χ2n) is 5.97. The Morgan fingerprint density at radius 1 is 1.38 bits per heavy atom. The molecule has 1 aromatic carbocycles. The summed E-state index contributed by atoms with van der Waals surface area (Å²) in [7, 11) is 0. The third-order valence-corrected chi connectivity index (χ3v) is 4.70. The number of carboxylic acid groups (broad SMARTS) is 1. The Morgan fingerprint density at radius 3 is 2.83 bits per heavy atom. The van der Waals surface area contributed by atoms with Crippen LogP contribution in [0.1, 0.15) is 46.1 Å². The fourth-order valence-electron chi connectivity index (χ4n) is 3.27. The van der Waals surface area contributed by atoms with Crippen LogP contribution in [0.15, 0.2) is 34.9 Å². The van der Waals surface area contributed by atoms with Gasteiger partial charge in [-0.2, -0.15) is 0 Å². The Bertz CT molecular complexity index is 783. The molecule has 1 aliphatic heterocycles. The van der Waals surface area contributed by atoms with E-state index >= 15 is 0 Å². The lowest BCUT2D eigenvalue weighted by molar-refractivity contribution is -0.136. The summed E-state index contributed by atoms with van der Waals surface area (Å²) < 4.78 is 5.30. The van der Waals surface area contributed by atoms with Crippen LogP contribution in [0.25, 0.3) is 0 Å². The summed E-state index contributed by atoms with van der Waals surface area (Å²) in [5.74, 6) is -1.02. The summed E-state index contributed by atoms with van der Waals surface area (Å²) in [6, 6.07) is 7.41. The molecule has 0 bridgehead atoms. The Balaban J connectivity index is 1.94. The molecule has 0 spiro atoms. The molecule has 0 radical (unpaired) electrons. The normalized spacial score (nSPS) is 17.2. The molecule has 1 N–H and O–H groups in total. The van der Waals surface area contributed by atoms with Gasteiger partial charge in [-0.25, -0.2) is 0 Å². The number of carbonyl (C=O) groups is 2. The Hall–Kier alpha value is -2.27. The van der Waals surface area contributed by atoms with Crippen molar-refractivity contribution in [2.24, 2.45) is 0 Å². The maximum absolute atomic E-state index is 13.1. The monoisotopic (exact) mass is 347 g/mol. The van der Waals surface area contributed by atoms with Crippen molar-refractivity contribution in [3.8, 4) is 0 Å². The van der Waals surface area contributed by atoms with Crippen LogP contribution in [0.2, 0.25) is 5.02 Å². The molecule has 5 nitrogen and oxygen atoms in total. The molecule has 2 aromatic rings. The third kappa shape index (κ3) is 3.04. The highest BCUT2D eigenvalue weighted by molar-refractivity contribution is 6.31. The van der Waals surface area contributed by atoms with Crippen LogP contribution < -0.4 is 0 Å². The number of amides is 1. The molecule has 24 heavy (non-hydrogen) atoms. The molecular formula is C18H18ClNO4. The minimum atomic E-state index is -1.03. The summed E-state index contributed by atoms with van der Waals surface area (Å²) in [4.78, 5) is 25.8. The summed E-state index contributed by atoms with van der Waals surface area (Å²) in [5.41, 5.74) is 1.93.